The first-order chi connectivity index (χ1) is 12.5. The van der Waals surface area contributed by atoms with Gasteiger partial charge in [0.25, 0.3) is 0 Å². The minimum Gasteiger partial charge on any atom is -0.342 e. The second kappa shape index (κ2) is 8.84. The Morgan fingerprint density at radius 2 is 1.62 bits per heavy atom. The molecule has 2 heterocycles. The van der Waals surface area contributed by atoms with Crippen LogP contribution in [0.2, 0.25) is 5.02 Å². The maximum atomic E-state index is 12.3. The normalized spacial score (nSPS) is 18.9. The molecular weight excluding hydrogens is 352 g/mol. The molecule has 2 saturated heterocycles. The first-order valence-electron chi connectivity index (χ1n) is 9.30. The van der Waals surface area contributed by atoms with E-state index in [0.29, 0.717) is 18.1 Å². The van der Waals surface area contributed by atoms with Crippen molar-refractivity contribution in [3.05, 3.63) is 28.8 Å². The van der Waals surface area contributed by atoms with Crippen LogP contribution in [0.3, 0.4) is 0 Å². The highest BCUT2D eigenvalue weighted by molar-refractivity contribution is 6.30. The van der Waals surface area contributed by atoms with E-state index in [1.807, 2.05) is 24.0 Å². The number of rotatable bonds is 5. The first-order valence-corrected chi connectivity index (χ1v) is 9.67. The van der Waals surface area contributed by atoms with Gasteiger partial charge in [-0.3, -0.25) is 19.4 Å². The molecule has 0 bridgehead atoms. The quantitative estimate of drug-likeness (QED) is 0.849. The molecule has 1 aromatic carbocycles. The number of anilines is 1. The van der Waals surface area contributed by atoms with E-state index in [9.17, 15) is 9.59 Å². The Balaban J connectivity index is 1.40. The standard InChI is InChI=1S/C19H27ClN4O2/c1-15-12-16(20)4-5-17(15)21-18(25)13-22-8-10-23(11-9-22)14-19(26)24-6-2-3-7-24/h4-5,12H,2-3,6-11,13-14H2,1H3,(H,21,25). The molecule has 2 fully saturated rings. The summed E-state index contributed by atoms with van der Waals surface area (Å²) in [5.74, 6) is 0.226. The molecular formula is C19H27ClN4O2. The molecule has 0 saturated carbocycles. The zero-order valence-electron chi connectivity index (χ0n) is 15.3. The van der Waals surface area contributed by atoms with Crippen LogP contribution in [0, 0.1) is 6.92 Å². The number of hydrogen-bond donors (Lipinski definition) is 1. The zero-order chi connectivity index (χ0) is 18.5. The van der Waals surface area contributed by atoms with Gasteiger partial charge >= 0.3 is 0 Å². The Labute approximate surface area is 160 Å². The Hall–Kier alpha value is -1.63. The lowest BCUT2D eigenvalue weighted by atomic mass is 10.2. The van der Waals surface area contributed by atoms with Crippen molar-refractivity contribution in [3.8, 4) is 0 Å². The number of carbonyl (C=O) groups excluding carboxylic acids is 2. The molecule has 2 aliphatic rings. The average Bonchev–Trinajstić information content (AvgIpc) is 3.14. The van der Waals surface area contributed by atoms with E-state index in [-0.39, 0.29) is 11.8 Å². The van der Waals surface area contributed by atoms with Crippen LogP contribution in [0.25, 0.3) is 0 Å². The number of nitrogens with zero attached hydrogens (tertiary/aromatic N) is 3. The van der Waals surface area contributed by atoms with Crippen LogP contribution >= 0.6 is 11.6 Å². The number of likely N-dealkylation sites (tertiary alicyclic amines) is 1. The van der Waals surface area contributed by atoms with Gasteiger partial charge in [-0.2, -0.15) is 0 Å². The van der Waals surface area contributed by atoms with Gasteiger partial charge in [0, 0.05) is 50.0 Å². The molecule has 26 heavy (non-hydrogen) atoms. The van der Waals surface area contributed by atoms with Crippen molar-refractivity contribution in [1.29, 1.82) is 0 Å². The number of carbonyl (C=O) groups is 2. The van der Waals surface area contributed by atoms with Gasteiger partial charge in [0.05, 0.1) is 13.1 Å². The Kier molecular flexibility index (Phi) is 6.51. The third-order valence-electron chi connectivity index (χ3n) is 5.11. The molecule has 3 rings (SSSR count). The number of hydrogen-bond acceptors (Lipinski definition) is 4. The highest BCUT2D eigenvalue weighted by atomic mass is 35.5. The number of nitrogens with one attached hydrogen (secondary N) is 1. The molecule has 7 heteroatoms. The van der Waals surface area contributed by atoms with E-state index in [2.05, 4.69) is 15.1 Å². The summed E-state index contributed by atoms with van der Waals surface area (Å²) in [6.07, 6.45) is 2.25. The van der Waals surface area contributed by atoms with Gasteiger partial charge < -0.3 is 10.2 Å². The molecule has 0 aliphatic carbocycles. The van der Waals surface area contributed by atoms with Crippen molar-refractivity contribution >= 4 is 29.1 Å². The Bertz CT molecular complexity index is 653. The van der Waals surface area contributed by atoms with Gasteiger partial charge in [-0.1, -0.05) is 11.6 Å². The largest absolute Gasteiger partial charge is 0.342 e. The SMILES string of the molecule is Cc1cc(Cl)ccc1NC(=O)CN1CCN(CC(=O)N2CCCC2)CC1. The second-order valence-electron chi connectivity index (χ2n) is 7.15. The minimum absolute atomic E-state index is 0.0167. The Morgan fingerprint density at radius 1 is 1.00 bits per heavy atom. The van der Waals surface area contributed by atoms with Crippen LogP contribution in [0.4, 0.5) is 5.69 Å². The number of halogens is 1. The summed E-state index contributed by atoms with van der Waals surface area (Å²) in [5, 5.41) is 3.62. The maximum absolute atomic E-state index is 12.3. The van der Waals surface area contributed by atoms with E-state index >= 15 is 0 Å². The van der Waals surface area contributed by atoms with Crippen LogP contribution in [0.15, 0.2) is 18.2 Å². The van der Waals surface area contributed by atoms with E-state index < -0.39 is 0 Å². The topological polar surface area (TPSA) is 55.9 Å². The molecule has 1 N–H and O–H groups in total. The summed E-state index contributed by atoms with van der Waals surface area (Å²) >= 11 is 5.95. The van der Waals surface area contributed by atoms with E-state index in [4.69, 9.17) is 11.6 Å². The van der Waals surface area contributed by atoms with Gasteiger partial charge in [-0.05, 0) is 43.5 Å². The highest BCUT2D eigenvalue weighted by Crippen LogP contribution is 2.19. The van der Waals surface area contributed by atoms with Crippen molar-refractivity contribution in [1.82, 2.24) is 14.7 Å². The van der Waals surface area contributed by atoms with Crippen LogP contribution in [0.1, 0.15) is 18.4 Å². The number of amides is 2. The van der Waals surface area contributed by atoms with Gasteiger partial charge in [-0.15, -0.1) is 0 Å². The lowest BCUT2D eigenvalue weighted by molar-refractivity contribution is -0.132. The van der Waals surface area contributed by atoms with Crippen LogP contribution in [-0.4, -0.2) is 78.9 Å². The van der Waals surface area contributed by atoms with Crippen molar-refractivity contribution in [3.63, 3.8) is 0 Å². The van der Waals surface area contributed by atoms with Gasteiger partial charge in [0.15, 0.2) is 0 Å². The molecule has 2 aliphatic heterocycles. The van der Waals surface area contributed by atoms with Crippen molar-refractivity contribution in [2.45, 2.75) is 19.8 Å². The fourth-order valence-corrected chi connectivity index (χ4v) is 3.75. The third-order valence-corrected chi connectivity index (χ3v) is 5.35. The minimum atomic E-state index is -0.0167. The number of piperazine rings is 1. The van der Waals surface area contributed by atoms with Gasteiger partial charge in [-0.25, -0.2) is 0 Å². The van der Waals surface area contributed by atoms with E-state index in [0.717, 1.165) is 63.4 Å². The summed E-state index contributed by atoms with van der Waals surface area (Å²) in [5.41, 5.74) is 1.75. The first kappa shape index (κ1) is 19.1. The smallest absolute Gasteiger partial charge is 0.238 e. The fraction of sp³-hybridized carbons (Fsp3) is 0.579. The number of benzene rings is 1. The monoisotopic (exact) mass is 378 g/mol. The summed E-state index contributed by atoms with van der Waals surface area (Å²) < 4.78 is 0. The lowest BCUT2D eigenvalue weighted by Gasteiger charge is -2.34. The fourth-order valence-electron chi connectivity index (χ4n) is 3.52. The summed E-state index contributed by atoms with van der Waals surface area (Å²) in [6, 6.07) is 5.45. The predicted molar refractivity (Wildman–Crippen MR) is 104 cm³/mol. The van der Waals surface area contributed by atoms with Gasteiger partial charge in [0.2, 0.25) is 11.8 Å². The molecule has 0 atom stereocenters. The molecule has 2 amide bonds. The second-order valence-corrected chi connectivity index (χ2v) is 7.58. The van der Waals surface area contributed by atoms with Crippen LogP contribution < -0.4 is 5.32 Å². The third kappa shape index (κ3) is 5.19. The summed E-state index contributed by atoms with van der Waals surface area (Å²) in [4.78, 5) is 30.8. The Morgan fingerprint density at radius 3 is 2.23 bits per heavy atom. The molecule has 0 radical (unpaired) electrons. The maximum Gasteiger partial charge on any atom is 0.238 e. The summed E-state index contributed by atoms with van der Waals surface area (Å²) in [7, 11) is 0. The lowest BCUT2D eigenvalue weighted by Crippen LogP contribution is -2.51. The molecule has 0 unspecified atom stereocenters. The number of aryl methyl sites for hydroxylation is 1. The van der Waals surface area contributed by atoms with Crippen molar-refractivity contribution < 1.29 is 9.59 Å². The average molecular weight is 379 g/mol. The van der Waals surface area contributed by atoms with Crippen LogP contribution in [-0.2, 0) is 9.59 Å². The molecule has 0 aromatic heterocycles. The van der Waals surface area contributed by atoms with E-state index in [1.54, 1.807) is 6.07 Å². The zero-order valence-corrected chi connectivity index (χ0v) is 16.1. The van der Waals surface area contributed by atoms with Crippen molar-refractivity contribution in [2.24, 2.45) is 0 Å². The molecule has 142 valence electrons. The van der Waals surface area contributed by atoms with E-state index in [1.165, 1.54) is 0 Å². The van der Waals surface area contributed by atoms with Gasteiger partial charge in [0.1, 0.15) is 0 Å². The van der Waals surface area contributed by atoms with Crippen molar-refractivity contribution in [2.75, 3.05) is 57.7 Å². The molecule has 6 nitrogen and oxygen atoms in total. The molecule has 1 aromatic rings. The predicted octanol–water partition coefficient (Wildman–Crippen LogP) is 1.83. The highest BCUT2D eigenvalue weighted by Gasteiger charge is 2.24. The summed E-state index contributed by atoms with van der Waals surface area (Å²) in [6.45, 7) is 7.88. The van der Waals surface area contributed by atoms with Crippen LogP contribution in [0.5, 0.6) is 0 Å². The molecule has 0 spiro atoms.